The molecule has 0 aliphatic rings. The zero-order valence-electron chi connectivity index (χ0n) is 23.1. The van der Waals surface area contributed by atoms with Crippen LogP contribution in [0.25, 0.3) is 0 Å². The molecule has 0 unspecified atom stereocenters. The molecule has 3 aromatic rings. The smallest absolute Gasteiger partial charge is 0.255 e. The number of hydrogen-bond acceptors (Lipinski definition) is 3. The number of nitrogens with one attached hydrogen (secondary N) is 1. The zero-order valence-corrected chi connectivity index (χ0v) is 24.7. The van der Waals surface area contributed by atoms with E-state index in [2.05, 4.69) is 35.3 Å². The summed E-state index contributed by atoms with van der Waals surface area (Å²) < 4.78 is 8.08. The third kappa shape index (κ3) is 10.8. The minimum absolute atomic E-state index is 0.153. The largest absolute Gasteiger partial charge is 0.492 e. The highest BCUT2D eigenvalue weighted by Gasteiger charge is 2.12. The van der Waals surface area contributed by atoms with Gasteiger partial charge in [0.1, 0.15) is 5.75 Å². The van der Waals surface area contributed by atoms with Gasteiger partial charge in [-0.05, 0) is 36.8 Å². The van der Waals surface area contributed by atoms with Crippen molar-refractivity contribution in [3.63, 3.8) is 0 Å². The number of rotatable bonds is 18. The van der Waals surface area contributed by atoms with Crippen LogP contribution >= 0.6 is 22.9 Å². The molecule has 1 heterocycles. The first kappa shape index (κ1) is 30.2. The van der Waals surface area contributed by atoms with Crippen LogP contribution in [0, 0.1) is 6.92 Å². The molecule has 0 bridgehead atoms. The second-order valence-electron chi connectivity index (χ2n) is 10.1. The molecule has 0 radical (unpaired) electrons. The molecule has 2 aromatic carbocycles. The van der Waals surface area contributed by atoms with E-state index in [9.17, 15) is 4.79 Å². The Kier molecular flexibility index (Phi) is 13.7. The van der Waals surface area contributed by atoms with Crippen LogP contribution in [0.1, 0.15) is 105 Å². The van der Waals surface area contributed by atoms with Crippen LogP contribution in [0.2, 0.25) is 5.02 Å². The van der Waals surface area contributed by atoms with Crippen molar-refractivity contribution in [2.45, 2.75) is 97.4 Å². The maximum atomic E-state index is 12.9. The Bertz CT molecular complexity index is 1110. The molecule has 6 heteroatoms. The molecule has 4 nitrogen and oxygen atoms in total. The van der Waals surface area contributed by atoms with E-state index in [4.69, 9.17) is 16.3 Å². The summed E-state index contributed by atoms with van der Waals surface area (Å²) in [5, 5.41) is 6.77. The number of benzene rings is 2. The number of unbranched alkanes of at least 4 members (excludes halogenated alkanes) is 11. The Balaban J connectivity index is 1.33. The van der Waals surface area contributed by atoms with Crippen LogP contribution in [0.5, 0.6) is 5.75 Å². The lowest BCUT2D eigenvalue weighted by molar-refractivity contribution is -0.689. The van der Waals surface area contributed by atoms with Crippen LogP contribution in [-0.4, -0.2) is 12.5 Å². The van der Waals surface area contributed by atoms with Gasteiger partial charge >= 0.3 is 0 Å². The molecule has 0 aliphatic carbocycles. The summed E-state index contributed by atoms with van der Waals surface area (Å²) in [5.41, 5.74) is 2.37. The summed E-state index contributed by atoms with van der Waals surface area (Å²) in [5.74, 6) is 0.512. The molecule has 38 heavy (non-hydrogen) atoms. The van der Waals surface area contributed by atoms with Crippen LogP contribution < -0.4 is 14.6 Å². The number of hydrogen-bond donors (Lipinski definition) is 1. The highest BCUT2D eigenvalue weighted by Crippen LogP contribution is 2.28. The fourth-order valence-electron chi connectivity index (χ4n) is 4.57. The Hall–Kier alpha value is -2.37. The minimum Gasteiger partial charge on any atom is -0.492 e. The molecule has 0 aliphatic heterocycles. The van der Waals surface area contributed by atoms with Gasteiger partial charge < -0.3 is 10.1 Å². The molecule has 0 saturated heterocycles. The molecule has 0 fully saturated rings. The Morgan fingerprint density at radius 3 is 2.24 bits per heavy atom. The van der Waals surface area contributed by atoms with Crippen LogP contribution in [0.4, 0.5) is 5.69 Å². The molecule has 3 rings (SSSR count). The average molecular weight is 556 g/mol. The number of aromatic nitrogens is 1. The fourth-order valence-corrected chi connectivity index (χ4v) is 5.47. The van der Waals surface area contributed by atoms with E-state index in [1.165, 1.54) is 75.6 Å². The van der Waals surface area contributed by atoms with Crippen molar-refractivity contribution in [1.82, 2.24) is 0 Å². The van der Waals surface area contributed by atoms with Gasteiger partial charge in [-0.1, -0.05) is 113 Å². The molecular weight excluding hydrogens is 512 g/mol. The Morgan fingerprint density at radius 1 is 0.921 bits per heavy atom. The fraction of sp³-hybridized carbons (Fsp3) is 0.500. The predicted molar refractivity (Wildman–Crippen MR) is 161 cm³/mol. The number of thiazole rings is 1. The number of carbonyl (C=O) groups excluding carboxylic acids is 1. The molecule has 206 valence electrons. The molecule has 1 N–H and O–H groups in total. The maximum Gasteiger partial charge on any atom is 0.255 e. The third-order valence-corrected chi connectivity index (χ3v) is 8.00. The summed E-state index contributed by atoms with van der Waals surface area (Å²) in [6.07, 6.45) is 17.9. The lowest BCUT2D eigenvalue weighted by atomic mass is 10.1. The Morgan fingerprint density at radius 2 is 1.61 bits per heavy atom. The SMILES string of the molecule is CCCCCCCCCCCCCCOc1ccc(NC(=O)c2cccc(C[n+]3ccsc3C)c2)cc1Cl. The first-order chi connectivity index (χ1) is 18.6. The van der Waals surface area contributed by atoms with Gasteiger partial charge in [0, 0.05) is 23.7 Å². The van der Waals surface area contributed by atoms with Crippen molar-refractivity contribution in [1.29, 1.82) is 0 Å². The number of amides is 1. The summed E-state index contributed by atoms with van der Waals surface area (Å²) in [6.45, 7) is 5.77. The van der Waals surface area contributed by atoms with Crippen molar-refractivity contribution in [2.24, 2.45) is 0 Å². The Labute approximate surface area is 238 Å². The van der Waals surface area contributed by atoms with E-state index in [-0.39, 0.29) is 5.91 Å². The summed E-state index contributed by atoms with van der Waals surface area (Å²) in [4.78, 5) is 12.9. The second-order valence-corrected chi connectivity index (χ2v) is 11.6. The van der Waals surface area contributed by atoms with Gasteiger partial charge in [-0.3, -0.25) is 4.79 Å². The van der Waals surface area contributed by atoms with Gasteiger partial charge in [0.25, 0.3) is 5.91 Å². The van der Waals surface area contributed by atoms with E-state index in [0.29, 0.717) is 28.6 Å². The van der Waals surface area contributed by atoms with Crippen LogP contribution in [0.3, 0.4) is 0 Å². The van der Waals surface area contributed by atoms with E-state index < -0.39 is 0 Å². The minimum atomic E-state index is -0.153. The van der Waals surface area contributed by atoms with Crippen LogP contribution in [-0.2, 0) is 6.54 Å². The lowest BCUT2D eigenvalue weighted by Gasteiger charge is -2.11. The summed E-state index contributed by atoms with van der Waals surface area (Å²) in [6, 6.07) is 13.2. The van der Waals surface area contributed by atoms with E-state index in [0.717, 1.165) is 18.5 Å². The monoisotopic (exact) mass is 555 g/mol. The van der Waals surface area contributed by atoms with Gasteiger partial charge in [-0.25, -0.2) is 0 Å². The summed E-state index contributed by atoms with van der Waals surface area (Å²) in [7, 11) is 0. The standard InChI is InChI=1S/C32H43ClN2O2S/c1-3-4-5-6-7-8-9-10-11-12-13-14-21-37-31-19-18-29(24-30(31)33)34-32(36)28-17-15-16-27(23-28)25-35-20-22-38-26(35)2/h15-20,22-24H,3-14,21,25H2,1-2H3/p+1. The molecule has 0 spiro atoms. The predicted octanol–water partition coefficient (Wildman–Crippen LogP) is 9.38. The number of aryl methyl sites for hydroxylation is 1. The highest BCUT2D eigenvalue weighted by atomic mass is 35.5. The molecule has 1 amide bonds. The van der Waals surface area contributed by atoms with Gasteiger partial charge in [0.05, 0.1) is 17.0 Å². The summed E-state index contributed by atoms with van der Waals surface area (Å²) >= 11 is 8.16. The first-order valence-corrected chi connectivity index (χ1v) is 15.6. The van der Waals surface area contributed by atoms with Gasteiger partial charge in [0.15, 0.2) is 12.7 Å². The van der Waals surface area contributed by atoms with E-state index >= 15 is 0 Å². The molecule has 0 saturated carbocycles. The second kappa shape index (κ2) is 17.3. The average Bonchev–Trinajstić information content (AvgIpc) is 3.32. The quantitative estimate of drug-likeness (QED) is 0.125. The normalized spacial score (nSPS) is 11.0. The number of halogens is 1. The highest BCUT2D eigenvalue weighted by molar-refractivity contribution is 7.09. The van der Waals surface area contributed by atoms with E-state index in [1.807, 2.05) is 36.4 Å². The van der Waals surface area contributed by atoms with Crippen molar-refractivity contribution >= 4 is 34.5 Å². The maximum absolute atomic E-state index is 12.9. The number of carbonyl (C=O) groups is 1. The van der Waals surface area contributed by atoms with Crippen LogP contribution in [0.15, 0.2) is 54.0 Å². The first-order valence-electron chi connectivity index (χ1n) is 14.3. The van der Waals surface area contributed by atoms with Crippen molar-refractivity contribution in [2.75, 3.05) is 11.9 Å². The molecule has 0 atom stereocenters. The van der Waals surface area contributed by atoms with E-state index in [1.54, 1.807) is 17.4 Å². The van der Waals surface area contributed by atoms with Gasteiger partial charge in [-0.2, -0.15) is 4.57 Å². The van der Waals surface area contributed by atoms with Gasteiger partial charge in [0.2, 0.25) is 5.01 Å². The molecule has 1 aromatic heterocycles. The number of anilines is 1. The number of ether oxygens (including phenoxy) is 1. The van der Waals surface area contributed by atoms with Crippen molar-refractivity contribution < 1.29 is 14.1 Å². The number of nitrogens with zero attached hydrogens (tertiary/aromatic N) is 1. The van der Waals surface area contributed by atoms with Crippen molar-refractivity contribution in [3.8, 4) is 5.75 Å². The zero-order chi connectivity index (χ0) is 27.0. The lowest BCUT2D eigenvalue weighted by Crippen LogP contribution is -2.34. The topological polar surface area (TPSA) is 42.2 Å². The van der Waals surface area contributed by atoms with Gasteiger partial charge in [-0.15, -0.1) is 0 Å². The van der Waals surface area contributed by atoms with Crippen molar-refractivity contribution in [3.05, 3.63) is 75.2 Å². The molecular formula is C32H44ClN2O2S+. The third-order valence-electron chi connectivity index (χ3n) is 6.87.